The van der Waals surface area contributed by atoms with Crippen molar-refractivity contribution in [1.82, 2.24) is 15.2 Å². The molecule has 2 amide bonds. The summed E-state index contributed by atoms with van der Waals surface area (Å²) in [6.45, 7) is 0. The van der Waals surface area contributed by atoms with Crippen LogP contribution in [0.3, 0.4) is 0 Å². The van der Waals surface area contributed by atoms with E-state index in [0.29, 0.717) is 18.1 Å². The number of para-hydroxylation sites is 1. The number of imide groups is 1. The van der Waals surface area contributed by atoms with Crippen LogP contribution >= 0.6 is 0 Å². The highest BCUT2D eigenvalue weighted by Crippen LogP contribution is 2.39. The zero-order valence-electron chi connectivity index (χ0n) is 13.5. The van der Waals surface area contributed by atoms with Gasteiger partial charge in [-0.15, -0.1) is 0 Å². The molecule has 3 fully saturated rings. The largest absolute Gasteiger partial charge is 0.344 e. The van der Waals surface area contributed by atoms with Crippen molar-refractivity contribution in [3.8, 4) is 0 Å². The molecule has 3 atom stereocenters. The third-order valence-corrected chi connectivity index (χ3v) is 5.96. The molecule has 0 aliphatic carbocycles. The highest BCUT2D eigenvalue weighted by atomic mass is 16.2. The van der Waals surface area contributed by atoms with Crippen LogP contribution in [-0.4, -0.2) is 28.5 Å². The van der Waals surface area contributed by atoms with Gasteiger partial charge < -0.3 is 9.88 Å². The number of carbonyl (C=O) groups excluding carboxylic acids is 2. The van der Waals surface area contributed by atoms with E-state index >= 15 is 0 Å². The van der Waals surface area contributed by atoms with Crippen LogP contribution in [0.25, 0.3) is 10.9 Å². The van der Waals surface area contributed by atoms with Crippen molar-refractivity contribution in [3.05, 3.63) is 36.0 Å². The smallest absolute Gasteiger partial charge is 0.234 e. The number of nitrogens with one attached hydrogen (secondary N) is 2. The number of rotatable bonds is 2. The van der Waals surface area contributed by atoms with E-state index in [4.69, 9.17) is 0 Å². The number of hydrogen-bond donors (Lipinski definition) is 2. The number of nitrogens with zero attached hydrogens (tertiary/aromatic N) is 1. The summed E-state index contributed by atoms with van der Waals surface area (Å²) in [6.07, 6.45) is 7.24. The average Bonchev–Trinajstić information content (AvgIpc) is 3.22. The number of hydrogen-bond acceptors (Lipinski definition) is 3. The predicted octanol–water partition coefficient (Wildman–Crippen LogP) is 2.23. The number of amides is 2. The van der Waals surface area contributed by atoms with Gasteiger partial charge >= 0.3 is 0 Å². The van der Waals surface area contributed by atoms with Gasteiger partial charge in [0.2, 0.25) is 11.8 Å². The third-order valence-electron chi connectivity index (χ3n) is 5.96. The summed E-state index contributed by atoms with van der Waals surface area (Å²) in [5, 5.41) is 7.25. The molecular weight excluding hydrogens is 302 g/mol. The molecule has 2 aromatic rings. The Kier molecular flexibility index (Phi) is 3.07. The minimum absolute atomic E-state index is 0.159. The van der Waals surface area contributed by atoms with Crippen molar-refractivity contribution in [2.75, 3.05) is 0 Å². The number of aromatic nitrogens is 1. The van der Waals surface area contributed by atoms with Crippen molar-refractivity contribution < 1.29 is 9.59 Å². The summed E-state index contributed by atoms with van der Waals surface area (Å²) in [7, 11) is 0. The Hall–Kier alpha value is -2.14. The number of benzene rings is 1. The van der Waals surface area contributed by atoms with E-state index in [2.05, 4.69) is 39.6 Å². The van der Waals surface area contributed by atoms with Gasteiger partial charge in [-0.25, -0.2) is 0 Å². The van der Waals surface area contributed by atoms with E-state index in [1.807, 2.05) is 6.07 Å². The van der Waals surface area contributed by atoms with Crippen molar-refractivity contribution in [2.45, 2.75) is 56.1 Å². The highest BCUT2D eigenvalue weighted by molar-refractivity contribution is 6.08. The second-order valence-electron chi connectivity index (χ2n) is 7.44. The maximum absolute atomic E-state index is 12.2. The Balaban J connectivity index is 1.60. The number of piperidine rings is 1. The van der Waals surface area contributed by atoms with Gasteiger partial charge in [0, 0.05) is 41.6 Å². The standard InChI is InChI=1S/C19H21N3O2/c23-18-9-15(19(24)21-18)16-10-22(17-4-2-1-3-14(16)17)13-7-11-5-6-12(8-13)20-11/h1-4,10-13,15,20H,5-9H2,(H,21,23,24). The molecule has 3 aliphatic heterocycles. The molecule has 3 unspecified atom stereocenters. The first kappa shape index (κ1) is 14.2. The molecule has 0 saturated carbocycles. The van der Waals surface area contributed by atoms with Crippen molar-refractivity contribution >= 4 is 22.7 Å². The van der Waals surface area contributed by atoms with Crippen molar-refractivity contribution in [1.29, 1.82) is 0 Å². The lowest BCUT2D eigenvalue weighted by Crippen LogP contribution is -2.38. The average molecular weight is 323 g/mol. The quantitative estimate of drug-likeness (QED) is 0.833. The molecular formula is C19H21N3O2. The van der Waals surface area contributed by atoms with Crippen molar-refractivity contribution in [2.24, 2.45) is 0 Å². The maximum Gasteiger partial charge on any atom is 0.234 e. The Labute approximate surface area is 140 Å². The van der Waals surface area contributed by atoms with Gasteiger partial charge in [-0.2, -0.15) is 0 Å². The Bertz CT molecular complexity index is 828. The lowest BCUT2D eigenvalue weighted by molar-refractivity contribution is -0.125. The molecule has 2 N–H and O–H groups in total. The maximum atomic E-state index is 12.2. The van der Waals surface area contributed by atoms with Crippen LogP contribution in [0.2, 0.25) is 0 Å². The molecule has 1 aromatic carbocycles. The van der Waals surface area contributed by atoms with Crippen LogP contribution in [-0.2, 0) is 9.59 Å². The molecule has 3 aliphatic rings. The summed E-state index contributed by atoms with van der Waals surface area (Å²) in [4.78, 5) is 23.8. The molecule has 5 nitrogen and oxygen atoms in total. The normalized spacial score (nSPS) is 32.5. The van der Waals surface area contributed by atoms with Gasteiger partial charge in [-0.1, -0.05) is 18.2 Å². The van der Waals surface area contributed by atoms with Crippen LogP contribution in [0.4, 0.5) is 0 Å². The van der Waals surface area contributed by atoms with Crippen molar-refractivity contribution in [3.63, 3.8) is 0 Å². The molecule has 0 spiro atoms. The van der Waals surface area contributed by atoms with Crippen LogP contribution in [0.15, 0.2) is 30.5 Å². The molecule has 4 heterocycles. The molecule has 0 radical (unpaired) electrons. The third kappa shape index (κ3) is 2.11. The topological polar surface area (TPSA) is 63.1 Å². The lowest BCUT2D eigenvalue weighted by atomic mass is 9.97. The van der Waals surface area contributed by atoms with E-state index in [1.54, 1.807) is 0 Å². The van der Waals surface area contributed by atoms with E-state index in [1.165, 1.54) is 18.4 Å². The summed E-state index contributed by atoms with van der Waals surface area (Å²) in [5.41, 5.74) is 2.19. The monoisotopic (exact) mass is 323 g/mol. The van der Waals surface area contributed by atoms with Gasteiger partial charge in [0.15, 0.2) is 0 Å². The lowest BCUT2D eigenvalue weighted by Gasteiger charge is -2.30. The molecule has 5 rings (SSSR count). The SMILES string of the molecule is O=C1CC(c2cn(C3CC4CCC(C3)N4)c3ccccc23)C(=O)N1. The first-order valence-electron chi connectivity index (χ1n) is 8.88. The van der Waals surface area contributed by atoms with Gasteiger partial charge in [0.05, 0.1) is 5.92 Å². The fourth-order valence-electron chi connectivity index (χ4n) is 4.87. The second kappa shape index (κ2) is 5.18. The van der Waals surface area contributed by atoms with Crippen LogP contribution in [0, 0.1) is 0 Å². The number of carbonyl (C=O) groups is 2. The minimum Gasteiger partial charge on any atom is -0.344 e. The molecule has 24 heavy (non-hydrogen) atoms. The zero-order valence-corrected chi connectivity index (χ0v) is 13.5. The van der Waals surface area contributed by atoms with E-state index in [-0.39, 0.29) is 24.2 Å². The van der Waals surface area contributed by atoms with E-state index in [0.717, 1.165) is 23.8 Å². The fourth-order valence-corrected chi connectivity index (χ4v) is 4.87. The van der Waals surface area contributed by atoms with E-state index in [9.17, 15) is 9.59 Å². The summed E-state index contributed by atoms with van der Waals surface area (Å²) in [6, 6.07) is 9.99. The Morgan fingerprint density at radius 1 is 1.04 bits per heavy atom. The zero-order chi connectivity index (χ0) is 16.3. The molecule has 1 aromatic heterocycles. The highest BCUT2D eigenvalue weighted by Gasteiger charge is 2.37. The van der Waals surface area contributed by atoms with Crippen LogP contribution in [0.5, 0.6) is 0 Å². The van der Waals surface area contributed by atoms with E-state index < -0.39 is 0 Å². The minimum atomic E-state index is -0.345. The van der Waals surface area contributed by atoms with Gasteiger partial charge in [0.1, 0.15) is 0 Å². The predicted molar refractivity (Wildman–Crippen MR) is 90.7 cm³/mol. The summed E-state index contributed by atoms with van der Waals surface area (Å²) >= 11 is 0. The summed E-state index contributed by atoms with van der Waals surface area (Å²) in [5.74, 6) is -0.669. The Morgan fingerprint density at radius 2 is 1.79 bits per heavy atom. The fraction of sp³-hybridized carbons (Fsp3) is 0.474. The molecule has 3 saturated heterocycles. The molecule has 124 valence electrons. The Morgan fingerprint density at radius 3 is 2.50 bits per heavy atom. The second-order valence-corrected chi connectivity index (χ2v) is 7.44. The number of fused-ring (bicyclic) bond motifs is 3. The van der Waals surface area contributed by atoms with Gasteiger partial charge in [-0.05, 0) is 37.3 Å². The van der Waals surface area contributed by atoms with Gasteiger partial charge in [0.25, 0.3) is 0 Å². The molecule has 5 heteroatoms. The molecule has 2 bridgehead atoms. The van der Waals surface area contributed by atoms with Gasteiger partial charge in [-0.3, -0.25) is 14.9 Å². The van der Waals surface area contributed by atoms with Crippen LogP contribution < -0.4 is 10.6 Å². The first-order valence-corrected chi connectivity index (χ1v) is 8.88. The van der Waals surface area contributed by atoms with Crippen LogP contribution in [0.1, 0.15) is 49.6 Å². The first-order chi connectivity index (χ1) is 11.7. The summed E-state index contributed by atoms with van der Waals surface area (Å²) < 4.78 is 2.37.